The van der Waals surface area contributed by atoms with Gasteiger partial charge in [-0.3, -0.25) is 10.9 Å². The fraction of sp³-hybridized carbons (Fsp3) is 0.793. The van der Waals surface area contributed by atoms with Gasteiger partial charge in [0.05, 0.1) is 0 Å². The fourth-order valence-electron chi connectivity index (χ4n) is 9.16. The summed E-state index contributed by atoms with van der Waals surface area (Å²) in [5, 5.41) is 0. The van der Waals surface area contributed by atoms with Gasteiger partial charge in [-0.1, -0.05) is 76.6 Å². The van der Waals surface area contributed by atoms with Gasteiger partial charge in [-0.2, -0.15) is 0 Å². The van der Waals surface area contributed by atoms with E-state index >= 15 is 0 Å². The van der Waals surface area contributed by atoms with Gasteiger partial charge in [0.25, 0.3) is 0 Å². The summed E-state index contributed by atoms with van der Waals surface area (Å²) < 4.78 is -0.237. The molecule has 3 saturated carbocycles. The topological polar surface area (TPSA) is 34.1 Å². The van der Waals surface area contributed by atoms with Crippen molar-refractivity contribution in [1.82, 2.24) is 0 Å². The Morgan fingerprint density at radius 2 is 1.58 bits per heavy atom. The predicted octanol–water partition coefficient (Wildman–Crippen LogP) is 7.30. The van der Waals surface area contributed by atoms with Crippen molar-refractivity contribution in [2.45, 2.75) is 96.8 Å². The van der Waals surface area contributed by atoms with Crippen molar-refractivity contribution in [3.05, 3.63) is 23.8 Å². The van der Waals surface area contributed by atoms with Crippen LogP contribution in [0.5, 0.6) is 0 Å². The van der Waals surface area contributed by atoms with Gasteiger partial charge in [-0.15, -0.1) is 0 Å². The molecule has 178 valence electrons. The van der Waals surface area contributed by atoms with Crippen molar-refractivity contribution in [2.75, 3.05) is 0 Å². The third kappa shape index (κ3) is 3.10. The maximum Gasteiger partial charge on any atom is 0.159 e. The Balaban J connectivity index is 0.00000259. The minimum Gasteiger partial charge on any atom is -0.430 e. The zero-order valence-electron chi connectivity index (χ0n) is 21.7. The molecule has 5 aliphatic carbocycles. The van der Waals surface area contributed by atoms with Gasteiger partial charge < -0.3 is 10.9 Å². The van der Waals surface area contributed by atoms with Crippen LogP contribution in [0.1, 0.15) is 93.4 Å². The molecule has 2 nitrogen and oxygen atoms in total. The third-order valence-corrected chi connectivity index (χ3v) is 14.6. The van der Waals surface area contributed by atoms with Crippen molar-refractivity contribution in [3.8, 4) is 0 Å². The molecule has 5 rings (SSSR count). The van der Waals surface area contributed by atoms with E-state index in [2.05, 4.69) is 83.2 Å². The second kappa shape index (κ2) is 7.59. The number of hydrogen-bond acceptors (Lipinski definition) is 2. The molecule has 33 heavy (non-hydrogen) atoms. The molecular weight excluding hydrogens is 573 g/mol. The van der Waals surface area contributed by atoms with Gasteiger partial charge in [-0.05, 0) is 90.3 Å². The Labute approximate surface area is 227 Å². The van der Waals surface area contributed by atoms with E-state index in [4.69, 9.17) is 0 Å². The van der Waals surface area contributed by atoms with E-state index in [1.54, 1.807) is 0 Å². The molecule has 0 spiro atoms. The molecule has 7 atom stereocenters. The van der Waals surface area contributed by atoms with E-state index in [9.17, 15) is 9.59 Å². The van der Waals surface area contributed by atoms with Crippen LogP contribution in [0.4, 0.5) is 0 Å². The molecule has 5 aliphatic rings. The summed E-state index contributed by atoms with van der Waals surface area (Å²) in [6.07, 6.45) is 15.5. The fourth-order valence-corrected chi connectivity index (χ4v) is 10.1. The summed E-state index contributed by atoms with van der Waals surface area (Å²) in [5.74, 6) is 1.85. The molecule has 0 heterocycles. The van der Waals surface area contributed by atoms with Crippen LogP contribution < -0.4 is 0 Å². The van der Waals surface area contributed by atoms with Gasteiger partial charge in [-0.25, -0.2) is 0 Å². The molecule has 0 aromatic heterocycles. The molecule has 0 bridgehead atoms. The number of carbonyl (C=O) groups is 2. The smallest absolute Gasteiger partial charge is 0.159 e. The van der Waals surface area contributed by atoms with Crippen LogP contribution in [-0.4, -0.2) is 15.0 Å². The Morgan fingerprint density at radius 3 is 2.24 bits per heavy atom. The van der Waals surface area contributed by atoms with Gasteiger partial charge in [0, 0.05) is 34.2 Å². The quantitative estimate of drug-likeness (QED) is 0.125. The van der Waals surface area contributed by atoms with Crippen molar-refractivity contribution in [1.29, 1.82) is 0 Å². The number of ketones is 2. The van der Waals surface area contributed by atoms with E-state index in [1.165, 1.54) is 31.3 Å². The number of alkyl halides is 1. The largest absolute Gasteiger partial charge is 0.430 e. The molecule has 0 aromatic carbocycles. The summed E-state index contributed by atoms with van der Waals surface area (Å²) in [7, 11) is 0. The maximum atomic E-state index is 14.1. The molecule has 0 radical (unpaired) electrons. The summed E-state index contributed by atoms with van der Waals surface area (Å²) in [4.78, 5) is 27.0. The molecule has 0 saturated heterocycles. The molecule has 4 heteroatoms. The molecular formula is C29H40IO2Zn-. The van der Waals surface area contributed by atoms with Crippen LogP contribution in [0, 0.1) is 50.9 Å². The maximum absolute atomic E-state index is 14.1. The molecule has 0 aromatic rings. The van der Waals surface area contributed by atoms with Gasteiger partial charge in [0.15, 0.2) is 5.78 Å². The van der Waals surface area contributed by atoms with E-state index in [-0.39, 0.29) is 50.8 Å². The summed E-state index contributed by atoms with van der Waals surface area (Å²) in [6, 6.07) is 0. The van der Waals surface area contributed by atoms with Crippen molar-refractivity contribution >= 4 is 34.2 Å². The van der Waals surface area contributed by atoms with Crippen LogP contribution in [0.2, 0.25) is 0 Å². The van der Waals surface area contributed by atoms with Crippen LogP contribution in [0.3, 0.4) is 0 Å². The predicted molar refractivity (Wildman–Crippen MR) is 137 cm³/mol. The monoisotopic (exact) mass is 611 g/mol. The SMILES string of the molecule is CC1(C)CCC2CC[C@]3(C)C(C(=O)C=C4[C@@]5(C)C=[C-]C(=O)C(C)(C)[C@]5(I)CC[C@]43C)C2C1.[Zn]. The first-order valence-corrected chi connectivity index (χ1v) is 13.8. The van der Waals surface area contributed by atoms with Crippen LogP contribution in [0.25, 0.3) is 0 Å². The summed E-state index contributed by atoms with van der Waals surface area (Å²) in [5.41, 5.74) is 0.775. The first-order valence-electron chi connectivity index (χ1n) is 12.7. The third-order valence-electron chi connectivity index (χ3n) is 11.6. The second-order valence-corrected chi connectivity index (χ2v) is 15.6. The minimum atomic E-state index is -0.495. The second-order valence-electron chi connectivity index (χ2n) is 13.8. The number of rotatable bonds is 0. The number of allylic oxidation sites excluding steroid dienone is 4. The van der Waals surface area contributed by atoms with E-state index in [0.29, 0.717) is 23.0 Å². The van der Waals surface area contributed by atoms with Crippen LogP contribution in [0.15, 0.2) is 17.7 Å². The number of carbonyl (C=O) groups excluding carboxylic acids is 2. The molecule has 0 amide bonds. The zero-order chi connectivity index (χ0) is 23.5. The number of Topliss-reactive ketones (excluding diaryl/α,β-unsaturated/α-hetero) is 1. The normalized spacial score (nSPS) is 49.6. The first-order chi connectivity index (χ1) is 14.6. The summed E-state index contributed by atoms with van der Waals surface area (Å²) >= 11 is 2.59. The Morgan fingerprint density at radius 1 is 0.939 bits per heavy atom. The average molecular weight is 613 g/mol. The van der Waals surface area contributed by atoms with E-state index in [1.807, 2.05) is 6.08 Å². The minimum absolute atomic E-state index is 0. The first kappa shape index (κ1) is 26.2. The van der Waals surface area contributed by atoms with Crippen LogP contribution >= 0.6 is 22.6 Å². The van der Waals surface area contributed by atoms with Crippen molar-refractivity contribution in [3.63, 3.8) is 0 Å². The van der Waals surface area contributed by atoms with E-state index in [0.717, 1.165) is 19.3 Å². The molecule has 3 unspecified atom stereocenters. The van der Waals surface area contributed by atoms with Crippen molar-refractivity contribution < 1.29 is 29.1 Å². The number of hydrogen-bond donors (Lipinski definition) is 0. The molecule has 3 fully saturated rings. The van der Waals surface area contributed by atoms with Gasteiger partial charge in [0.1, 0.15) is 0 Å². The Hall–Kier alpha value is 0.173. The Kier molecular flexibility index (Phi) is 6.04. The Bertz CT molecular complexity index is 963. The average Bonchev–Trinajstić information content (AvgIpc) is 2.69. The standard InChI is InChI=1S/C29H40IO2.Zn/c1-24(2)11-8-18-9-12-28(7)23(19(18)17-24)20(31)16-21-26(28,5)14-15-29(30)25(3,4)22(32)10-13-27(21,29)6;/h13,16,18-19,23H,8-9,11-12,14-15,17H2,1-7H3;/q-1;/t18?,19?,23?,26-,27-,28-,29-;/m1./s1. The van der Waals surface area contributed by atoms with Gasteiger partial charge >= 0.3 is 0 Å². The molecule has 0 N–H and O–H groups in total. The number of halogens is 1. The van der Waals surface area contributed by atoms with Crippen LogP contribution in [-0.2, 0) is 29.1 Å². The van der Waals surface area contributed by atoms with Gasteiger partial charge in [0.2, 0.25) is 0 Å². The number of fused-ring (bicyclic) bond motifs is 7. The van der Waals surface area contributed by atoms with Crippen molar-refractivity contribution in [2.24, 2.45) is 44.8 Å². The van der Waals surface area contributed by atoms with E-state index < -0.39 is 5.41 Å². The zero-order valence-corrected chi connectivity index (χ0v) is 26.9. The molecule has 0 aliphatic heterocycles. The summed E-state index contributed by atoms with van der Waals surface area (Å²) in [6.45, 7) is 16.2.